The first-order valence-corrected chi connectivity index (χ1v) is 29.3. The minimum Gasteiger partial charge on any atom is -0.311 e. The zero-order valence-electron chi connectivity index (χ0n) is 57.0. The summed E-state index contributed by atoms with van der Waals surface area (Å²) in [5, 5.41) is 2.48. The molecule has 0 radical (unpaired) electrons. The zero-order valence-corrected chi connectivity index (χ0v) is 49.0. The Morgan fingerprint density at radius 1 is 0.357 bits per heavy atom. The van der Waals surface area contributed by atoms with Crippen LogP contribution in [0.5, 0.6) is 0 Å². The van der Waals surface area contributed by atoms with Gasteiger partial charge in [-0.25, -0.2) is 0 Å². The lowest BCUT2D eigenvalue weighted by atomic mass is 9.33. The summed E-state index contributed by atoms with van der Waals surface area (Å²) in [4.78, 5) is 4.81. The number of hydrogen-bond acceptors (Lipinski definition) is 2. The summed E-state index contributed by atoms with van der Waals surface area (Å²) < 4.78 is 78.5. The van der Waals surface area contributed by atoms with Crippen molar-refractivity contribution in [2.75, 3.05) is 9.80 Å². The van der Waals surface area contributed by atoms with Crippen LogP contribution in [-0.4, -0.2) is 15.8 Å². The van der Waals surface area contributed by atoms with Crippen molar-refractivity contribution in [3.8, 4) is 33.6 Å². The Labute approximate surface area is 506 Å². The van der Waals surface area contributed by atoms with E-state index in [1.54, 1.807) is 0 Å². The van der Waals surface area contributed by atoms with E-state index < -0.39 is 0 Å². The number of rotatable bonds is 7. The van der Waals surface area contributed by atoms with Crippen LogP contribution >= 0.6 is 0 Å². The molecule has 0 N–H and O–H groups in total. The summed E-state index contributed by atoms with van der Waals surface area (Å²) in [5.41, 5.74) is 19.8. The highest BCUT2D eigenvalue weighted by Gasteiger charge is 2.44. The van der Waals surface area contributed by atoms with Gasteiger partial charge in [-0.2, -0.15) is 0 Å². The molecule has 0 spiro atoms. The summed E-state index contributed by atoms with van der Waals surface area (Å²) >= 11 is 0. The molecule has 0 unspecified atom stereocenters. The summed E-state index contributed by atoms with van der Waals surface area (Å²) in [6, 6.07) is 67.5. The van der Waals surface area contributed by atoms with E-state index in [-0.39, 0.29) is 71.3 Å². The first-order valence-electron chi connectivity index (χ1n) is 33.3. The van der Waals surface area contributed by atoms with E-state index in [2.05, 4.69) is 254 Å². The summed E-state index contributed by atoms with van der Waals surface area (Å²) in [5.74, 6) is 0. The highest BCUT2D eigenvalue weighted by Crippen LogP contribution is 2.48. The van der Waals surface area contributed by atoms with Crippen LogP contribution in [0.1, 0.15) is 90.0 Å². The zero-order chi connectivity index (χ0) is 64.4. The van der Waals surface area contributed by atoms with Gasteiger partial charge >= 0.3 is 0 Å². The summed E-state index contributed by atoms with van der Waals surface area (Å²) in [6.45, 7) is 19.4. The molecule has 2 aliphatic rings. The molecule has 0 atom stereocenters. The quantitative estimate of drug-likeness (QED) is 0.148. The van der Waals surface area contributed by atoms with Crippen molar-refractivity contribution in [2.45, 2.75) is 79.6 Å². The maximum absolute atomic E-state index is 9.66. The van der Waals surface area contributed by atoms with Crippen LogP contribution in [0.3, 0.4) is 0 Å². The minimum absolute atomic E-state index is 0.0740. The Balaban J connectivity index is 1.05. The molecule has 5 heteroatoms. The lowest BCUT2D eigenvalue weighted by Gasteiger charge is -2.45. The standard InChI is InChI=1S/C79H69BN4/c1-77(2,3)50-51-44-74-76-75(45-51)82(59-36-30-55(31-37-59)53-22-14-11-15-23-53)73-49-61(84-69-27-19-17-25-63(69)65-47-57(79(7,8)9)33-43-71(65)84)39-41-67(73)80(76)66-40-38-60(48-72(66)81(74)58-34-28-54(29-35-58)52-20-12-10-13-21-52)83-68-26-18-16-24-62(68)64-46-56(78(4,5)6)32-42-70(64)83/h10-49H,50H2,1-9H3/i16D,17D,18D,19D,24D,25D,26D,27D. The molecule has 13 aromatic rings. The molecule has 408 valence electrons. The van der Waals surface area contributed by atoms with Gasteiger partial charge in [0.25, 0.3) is 6.71 Å². The fourth-order valence-electron chi connectivity index (χ4n) is 13.3. The van der Waals surface area contributed by atoms with Gasteiger partial charge in [0, 0.05) is 67.0 Å². The van der Waals surface area contributed by atoms with Crippen molar-refractivity contribution in [3.05, 3.63) is 259 Å². The predicted octanol–water partition coefficient (Wildman–Crippen LogP) is 19.5. The van der Waals surface area contributed by atoms with Gasteiger partial charge in [-0.1, -0.05) is 208 Å². The summed E-state index contributed by atoms with van der Waals surface area (Å²) in [7, 11) is 0. The largest absolute Gasteiger partial charge is 0.311 e. The first-order chi connectivity index (χ1) is 43.9. The van der Waals surface area contributed by atoms with Crippen molar-refractivity contribution in [2.24, 2.45) is 5.41 Å². The Hall–Kier alpha value is -9.32. The molecular formula is C79H69BN4. The molecule has 15 rings (SSSR count). The Kier molecular flexibility index (Phi) is 9.87. The van der Waals surface area contributed by atoms with Crippen molar-refractivity contribution in [1.82, 2.24) is 9.13 Å². The van der Waals surface area contributed by atoms with E-state index in [9.17, 15) is 5.48 Å². The second-order valence-corrected chi connectivity index (χ2v) is 26.3. The predicted molar refractivity (Wildman–Crippen MR) is 361 cm³/mol. The van der Waals surface area contributed by atoms with Gasteiger partial charge in [0.05, 0.1) is 33.0 Å². The first kappa shape index (κ1) is 43.4. The number of aromatic nitrogens is 2. The number of benzene rings is 11. The molecule has 2 aromatic heterocycles. The van der Waals surface area contributed by atoms with Crippen LogP contribution in [0.4, 0.5) is 34.1 Å². The molecule has 11 aromatic carbocycles. The average molecular weight is 1090 g/mol. The average Bonchev–Trinajstić information content (AvgIpc) is 0.942. The third kappa shape index (κ3) is 8.50. The molecule has 0 bridgehead atoms. The lowest BCUT2D eigenvalue weighted by molar-refractivity contribution is 0.411. The number of nitrogens with zero attached hydrogens (tertiary/aromatic N) is 4. The van der Waals surface area contributed by atoms with E-state index in [4.69, 9.17) is 5.48 Å². The normalized spacial score (nSPS) is 14.6. The van der Waals surface area contributed by atoms with Crippen molar-refractivity contribution < 1.29 is 11.0 Å². The van der Waals surface area contributed by atoms with E-state index in [0.717, 1.165) is 129 Å². The number of fused-ring (bicyclic) bond motifs is 10. The molecule has 0 saturated heterocycles. The molecule has 0 saturated carbocycles. The van der Waals surface area contributed by atoms with Crippen molar-refractivity contribution >= 4 is 101 Å². The Morgan fingerprint density at radius 3 is 1.15 bits per heavy atom. The van der Waals surface area contributed by atoms with Crippen LogP contribution < -0.4 is 26.2 Å². The number of anilines is 6. The van der Waals surface area contributed by atoms with Crippen LogP contribution in [0, 0.1) is 5.41 Å². The second-order valence-electron chi connectivity index (χ2n) is 26.3. The van der Waals surface area contributed by atoms with Gasteiger partial charge < -0.3 is 18.9 Å². The van der Waals surface area contributed by atoms with Gasteiger partial charge in [0.15, 0.2) is 0 Å². The maximum Gasteiger partial charge on any atom is 0.252 e. The van der Waals surface area contributed by atoms with Gasteiger partial charge in [-0.05, 0) is 175 Å². The Morgan fingerprint density at radius 2 is 0.750 bits per heavy atom. The molecule has 84 heavy (non-hydrogen) atoms. The smallest absolute Gasteiger partial charge is 0.252 e. The van der Waals surface area contributed by atoms with Crippen molar-refractivity contribution in [1.29, 1.82) is 0 Å². The van der Waals surface area contributed by atoms with Crippen LogP contribution in [-0.2, 0) is 17.3 Å². The van der Waals surface area contributed by atoms with E-state index in [0.29, 0.717) is 21.8 Å². The minimum atomic E-state index is -0.356. The van der Waals surface area contributed by atoms with Gasteiger partial charge in [0.2, 0.25) is 0 Å². The Bertz CT molecular complexity index is 4910. The van der Waals surface area contributed by atoms with Gasteiger partial charge in [-0.15, -0.1) is 0 Å². The third-order valence-electron chi connectivity index (χ3n) is 17.3. The molecule has 4 heterocycles. The van der Waals surface area contributed by atoms with Crippen LogP contribution in [0.15, 0.2) is 242 Å². The van der Waals surface area contributed by atoms with Crippen LogP contribution in [0.25, 0.3) is 77.2 Å². The molecule has 0 aliphatic carbocycles. The van der Waals surface area contributed by atoms with Crippen molar-refractivity contribution in [3.63, 3.8) is 0 Å². The highest BCUT2D eigenvalue weighted by molar-refractivity contribution is 7.00. The fourth-order valence-corrected chi connectivity index (χ4v) is 13.3. The second kappa shape index (κ2) is 19.1. The molecule has 0 fully saturated rings. The lowest BCUT2D eigenvalue weighted by Crippen LogP contribution is -2.61. The SMILES string of the molecule is [2H]c1c([2H])c([2H])c2c(c1[2H])c1cc(C(C)(C)C)ccc1n2-c1ccc2c(c1)N(c1ccc(-c3ccccc3)cc1)c1cc(CC(C)(C)C)cc3c1B2c1ccc(-n2c4ccc(C(C)(C)C)cc4c4c([2H])c([2H])c([2H])c([2H])c42)cc1N3c1ccc(-c2ccccc2)cc1. The molecule has 4 nitrogen and oxygen atoms in total. The molecule has 2 aliphatic heterocycles. The molecular weight excluding hydrogens is 1020 g/mol. The van der Waals surface area contributed by atoms with Gasteiger partial charge in [-0.3, -0.25) is 0 Å². The van der Waals surface area contributed by atoms with E-state index in [1.165, 1.54) is 0 Å². The summed E-state index contributed by atoms with van der Waals surface area (Å²) in [6.07, 6.45) is 0.749. The number of para-hydroxylation sites is 2. The monoisotopic (exact) mass is 1090 g/mol. The van der Waals surface area contributed by atoms with E-state index >= 15 is 0 Å². The topological polar surface area (TPSA) is 16.3 Å². The number of hydrogen-bond donors (Lipinski definition) is 0. The molecule has 0 amide bonds. The van der Waals surface area contributed by atoms with E-state index in [1.807, 2.05) is 21.3 Å². The van der Waals surface area contributed by atoms with Gasteiger partial charge in [0.1, 0.15) is 0 Å². The van der Waals surface area contributed by atoms with Crippen LogP contribution in [0.2, 0.25) is 0 Å². The fraction of sp³-hybridized carbons (Fsp3) is 0.165. The maximum atomic E-state index is 9.66. The third-order valence-corrected chi connectivity index (χ3v) is 17.3. The highest BCUT2D eigenvalue weighted by atomic mass is 15.2.